The molecule has 0 saturated carbocycles. The van der Waals surface area contributed by atoms with Crippen LogP contribution in [-0.4, -0.2) is 7.11 Å². The van der Waals surface area contributed by atoms with Crippen molar-refractivity contribution in [3.05, 3.63) is 29.6 Å². The lowest BCUT2D eigenvalue weighted by Crippen LogP contribution is -2.11. The van der Waals surface area contributed by atoms with Crippen molar-refractivity contribution in [1.82, 2.24) is 0 Å². The topological polar surface area (TPSA) is 9.23 Å². The molecule has 0 radical (unpaired) electrons. The summed E-state index contributed by atoms with van der Waals surface area (Å²) < 4.78 is 18.1. The maximum absolute atomic E-state index is 13.3. The molecule has 0 atom stereocenters. The molecule has 1 aromatic rings. The van der Waals surface area contributed by atoms with Gasteiger partial charge in [0, 0.05) is 0 Å². The van der Waals surface area contributed by atoms with Gasteiger partial charge in [0.1, 0.15) is 0 Å². The first kappa shape index (κ1) is 10.0. The summed E-state index contributed by atoms with van der Waals surface area (Å²) >= 11 is 0. The van der Waals surface area contributed by atoms with Gasteiger partial charge in [-0.2, -0.15) is 0 Å². The standard InChI is InChI=1S/C11H15FO/c1-11(2,3)8-5-6-10(13-4)9(12)7-8/h5-7H,1-4H3. The van der Waals surface area contributed by atoms with Crippen molar-refractivity contribution in [2.24, 2.45) is 0 Å². The number of benzene rings is 1. The van der Waals surface area contributed by atoms with Crippen molar-refractivity contribution in [1.29, 1.82) is 0 Å². The molecule has 0 heterocycles. The van der Waals surface area contributed by atoms with Crippen molar-refractivity contribution >= 4 is 0 Å². The van der Waals surface area contributed by atoms with Crippen molar-refractivity contribution in [2.45, 2.75) is 26.2 Å². The second-order valence-electron chi connectivity index (χ2n) is 4.10. The molecule has 0 aliphatic rings. The van der Waals surface area contributed by atoms with Crippen LogP contribution in [0, 0.1) is 5.82 Å². The van der Waals surface area contributed by atoms with Gasteiger partial charge in [-0.15, -0.1) is 0 Å². The van der Waals surface area contributed by atoms with Gasteiger partial charge < -0.3 is 4.74 Å². The third-order valence-corrected chi connectivity index (χ3v) is 2.02. The van der Waals surface area contributed by atoms with Crippen LogP contribution in [0.5, 0.6) is 5.75 Å². The SMILES string of the molecule is COc1ccc(C(C)(C)C)cc1F. The monoisotopic (exact) mass is 182 g/mol. The summed E-state index contributed by atoms with van der Waals surface area (Å²) in [7, 11) is 1.47. The molecule has 13 heavy (non-hydrogen) atoms. The lowest BCUT2D eigenvalue weighted by Gasteiger charge is -2.19. The Morgan fingerprint density at radius 3 is 2.23 bits per heavy atom. The molecular formula is C11H15FO. The molecule has 72 valence electrons. The molecule has 0 aromatic heterocycles. The Labute approximate surface area is 78.5 Å². The minimum atomic E-state index is -0.296. The van der Waals surface area contributed by atoms with Crippen LogP contribution in [0.3, 0.4) is 0 Å². The number of halogens is 1. The fourth-order valence-corrected chi connectivity index (χ4v) is 1.13. The van der Waals surface area contributed by atoms with E-state index in [2.05, 4.69) is 0 Å². The lowest BCUT2D eigenvalue weighted by atomic mass is 9.87. The fourth-order valence-electron chi connectivity index (χ4n) is 1.13. The van der Waals surface area contributed by atoms with Crippen LogP contribution >= 0.6 is 0 Å². The van der Waals surface area contributed by atoms with Crippen LogP contribution in [-0.2, 0) is 5.41 Å². The highest BCUT2D eigenvalue weighted by Gasteiger charge is 2.15. The summed E-state index contributed by atoms with van der Waals surface area (Å²) in [5.74, 6) is 0.00271. The van der Waals surface area contributed by atoms with Gasteiger partial charge in [0.15, 0.2) is 11.6 Å². The molecule has 0 aliphatic heterocycles. The maximum Gasteiger partial charge on any atom is 0.165 e. The Hall–Kier alpha value is -1.05. The molecule has 0 unspecified atom stereocenters. The largest absolute Gasteiger partial charge is 0.494 e. The average molecular weight is 182 g/mol. The molecule has 0 N–H and O–H groups in total. The van der Waals surface area contributed by atoms with E-state index in [1.54, 1.807) is 6.07 Å². The van der Waals surface area contributed by atoms with E-state index in [1.807, 2.05) is 26.8 Å². The van der Waals surface area contributed by atoms with Crippen molar-refractivity contribution in [2.75, 3.05) is 7.11 Å². The van der Waals surface area contributed by atoms with E-state index in [0.717, 1.165) is 5.56 Å². The van der Waals surface area contributed by atoms with E-state index in [0.29, 0.717) is 5.75 Å². The summed E-state index contributed by atoms with van der Waals surface area (Å²) in [5, 5.41) is 0. The fraction of sp³-hybridized carbons (Fsp3) is 0.455. The van der Waals surface area contributed by atoms with E-state index in [-0.39, 0.29) is 11.2 Å². The predicted molar refractivity (Wildman–Crippen MR) is 51.7 cm³/mol. The molecule has 1 aromatic carbocycles. The average Bonchev–Trinajstić information content (AvgIpc) is 2.02. The van der Waals surface area contributed by atoms with Gasteiger partial charge in [0.25, 0.3) is 0 Å². The minimum absolute atomic E-state index is 0.0207. The van der Waals surface area contributed by atoms with Gasteiger partial charge in [-0.3, -0.25) is 0 Å². The second kappa shape index (κ2) is 3.36. The smallest absolute Gasteiger partial charge is 0.165 e. The van der Waals surface area contributed by atoms with Gasteiger partial charge in [-0.25, -0.2) is 4.39 Å². The van der Waals surface area contributed by atoms with E-state index in [9.17, 15) is 4.39 Å². The lowest BCUT2D eigenvalue weighted by molar-refractivity contribution is 0.385. The molecule has 1 nitrogen and oxygen atoms in total. The highest BCUT2D eigenvalue weighted by atomic mass is 19.1. The van der Waals surface area contributed by atoms with Gasteiger partial charge in [-0.1, -0.05) is 26.8 Å². The van der Waals surface area contributed by atoms with Crippen LogP contribution in [0.2, 0.25) is 0 Å². The zero-order valence-electron chi connectivity index (χ0n) is 8.52. The number of rotatable bonds is 1. The van der Waals surface area contributed by atoms with Gasteiger partial charge in [0.05, 0.1) is 7.11 Å². The molecule has 0 saturated heterocycles. The predicted octanol–water partition coefficient (Wildman–Crippen LogP) is 3.13. The molecule has 0 bridgehead atoms. The highest BCUT2D eigenvalue weighted by Crippen LogP contribution is 2.26. The first-order chi connectivity index (χ1) is 5.95. The van der Waals surface area contributed by atoms with E-state index >= 15 is 0 Å². The van der Waals surface area contributed by atoms with E-state index < -0.39 is 0 Å². The first-order valence-corrected chi connectivity index (χ1v) is 4.29. The number of hydrogen-bond acceptors (Lipinski definition) is 1. The molecule has 0 spiro atoms. The van der Waals surface area contributed by atoms with Crippen molar-refractivity contribution in [3.8, 4) is 5.75 Å². The molecule has 2 heteroatoms. The van der Waals surface area contributed by atoms with Crippen LogP contribution in [0.15, 0.2) is 18.2 Å². The third-order valence-electron chi connectivity index (χ3n) is 2.02. The third kappa shape index (κ3) is 2.20. The Morgan fingerprint density at radius 1 is 1.23 bits per heavy atom. The number of hydrogen-bond donors (Lipinski definition) is 0. The van der Waals surface area contributed by atoms with Gasteiger partial charge >= 0.3 is 0 Å². The Bertz CT molecular complexity index is 299. The summed E-state index contributed by atoms with van der Waals surface area (Å²) in [5.41, 5.74) is 0.957. The van der Waals surface area contributed by atoms with Gasteiger partial charge in [0.2, 0.25) is 0 Å². The Kier molecular flexibility index (Phi) is 2.60. The van der Waals surface area contributed by atoms with Crippen LogP contribution in [0.1, 0.15) is 26.3 Å². The first-order valence-electron chi connectivity index (χ1n) is 4.29. The highest BCUT2D eigenvalue weighted by molar-refractivity contribution is 5.32. The number of ether oxygens (including phenoxy) is 1. The zero-order chi connectivity index (χ0) is 10.1. The van der Waals surface area contributed by atoms with Crippen LogP contribution in [0.25, 0.3) is 0 Å². The second-order valence-corrected chi connectivity index (χ2v) is 4.10. The molecule has 0 amide bonds. The minimum Gasteiger partial charge on any atom is -0.494 e. The summed E-state index contributed by atoms with van der Waals surface area (Å²) in [4.78, 5) is 0. The summed E-state index contributed by atoms with van der Waals surface area (Å²) in [6, 6.07) is 5.08. The molecular weight excluding hydrogens is 167 g/mol. The van der Waals surface area contributed by atoms with Gasteiger partial charge in [-0.05, 0) is 23.1 Å². The quantitative estimate of drug-likeness (QED) is 0.648. The van der Waals surface area contributed by atoms with Crippen molar-refractivity contribution < 1.29 is 9.13 Å². The molecule has 0 fully saturated rings. The maximum atomic E-state index is 13.3. The van der Waals surface area contributed by atoms with E-state index in [4.69, 9.17) is 4.74 Å². The molecule has 0 aliphatic carbocycles. The Balaban J connectivity index is 3.10. The normalized spacial score (nSPS) is 11.5. The Morgan fingerprint density at radius 2 is 1.85 bits per heavy atom. The van der Waals surface area contributed by atoms with Crippen LogP contribution in [0.4, 0.5) is 4.39 Å². The summed E-state index contributed by atoms with van der Waals surface area (Å²) in [6.07, 6.45) is 0. The number of methoxy groups -OCH3 is 1. The summed E-state index contributed by atoms with van der Waals surface area (Å²) in [6.45, 7) is 6.15. The van der Waals surface area contributed by atoms with Crippen molar-refractivity contribution in [3.63, 3.8) is 0 Å². The van der Waals surface area contributed by atoms with E-state index in [1.165, 1.54) is 13.2 Å². The zero-order valence-corrected chi connectivity index (χ0v) is 8.52. The molecule has 1 rings (SSSR count). The van der Waals surface area contributed by atoms with Crippen LogP contribution < -0.4 is 4.74 Å².